The summed E-state index contributed by atoms with van der Waals surface area (Å²) < 4.78 is 1.64. The molecule has 0 aliphatic rings. The van der Waals surface area contributed by atoms with Gasteiger partial charge in [-0.1, -0.05) is 59.6 Å². The molecule has 1 N–H and O–H groups in total. The van der Waals surface area contributed by atoms with Gasteiger partial charge in [0.2, 0.25) is 0 Å². The molecule has 26 heavy (non-hydrogen) atoms. The van der Waals surface area contributed by atoms with E-state index in [4.69, 9.17) is 11.6 Å². The van der Waals surface area contributed by atoms with Crippen LogP contribution in [0.5, 0.6) is 0 Å². The molecule has 0 radical (unpaired) electrons. The molecule has 1 amide bonds. The molecule has 0 saturated heterocycles. The molecule has 0 fully saturated rings. The maximum Gasteiger partial charge on any atom is 0.252 e. The number of nitrogens with zero attached hydrogens (tertiary/aromatic N) is 2. The van der Waals surface area contributed by atoms with Gasteiger partial charge < -0.3 is 5.32 Å². The monoisotopic (exact) mass is 367 g/mol. The number of benzene rings is 2. The van der Waals surface area contributed by atoms with Crippen LogP contribution < -0.4 is 5.32 Å². The minimum atomic E-state index is -0.292. The van der Waals surface area contributed by atoms with E-state index in [1.807, 2.05) is 19.1 Å². The summed E-state index contributed by atoms with van der Waals surface area (Å²) in [6.07, 6.45) is 3.22. The molecule has 5 nitrogen and oxygen atoms in total. The van der Waals surface area contributed by atoms with E-state index >= 15 is 0 Å². The van der Waals surface area contributed by atoms with Crippen LogP contribution in [0.4, 0.5) is 0 Å². The Morgan fingerprint density at radius 1 is 1.08 bits per heavy atom. The summed E-state index contributed by atoms with van der Waals surface area (Å²) in [5, 5.41) is 7.42. The standard InChI is InChI=1S/C20H18ClN3O2/c1-14-6-8-15(9-7-14)19(25)17-4-2-3-5-18(17)20(26)22-10-11-24-13-16(21)12-23-24/h2-9,12-13H,10-11H2,1H3,(H,22,26). The first-order valence-electron chi connectivity index (χ1n) is 8.21. The van der Waals surface area contributed by atoms with Gasteiger partial charge in [-0.05, 0) is 13.0 Å². The number of amides is 1. The molecular formula is C20H18ClN3O2. The molecular weight excluding hydrogens is 350 g/mol. The van der Waals surface area contributed by atoms with Crippen molar-refractivity contribution in [2.75, 3.05) is 6.54 Å². The Labute approximate surface area is 156 Å². The van der Waals surface area contributed by atoms with E-state index in [0.717, 1.165) is 5.56 Å². The highest BCUT2D eigenvalue weighted by Gasteiger charge is 2.17. The predicted octanol–water partition coefficient (Wildman–Crippen LogP) is 3.51. The lowest BCUT2D eigenvalue weighted by Gasteiger charge is -2.10. The molecule has 0 aliphatic carbocycles. The summed E-state index contributed by atoms with van der Waals surface area (Å²) in [4.78, 5) is 25.3. The van der Waals surface area contributed by atoms with Crippen LogP contribution in [0.1, 0.15) is 31.8 Å². The molecule has 1 aromatic heterocycles. The van der Waals surface area contributed by atoms with Crippen molar-refractivity contribution in [2.45, 2.75) is 13.5 Å². The molecule has 6 heteroatoms. The average Bonchev–Trinajstić information content (AvgIpc) is 3.07. The molecule has 132 valence electrons. The van der Waals surface area contributed by atoms with Gasteiger partial charge in [0.15, 0.2) is 5.78 Å². The van der Waals surface area contributed by atoms with Crippen LogP contribution in [0.25, 0.3) is 0 Å². The number of hydrogen-bond donors (Lipinski definition) is 1. The molecule has 0 aliphatic heterocycles. The van der Waals surface area contributed by atoms with E-state index in [-0.39, 0.29) is 11.7 Å². The van der Waals surface area contributed by atoms with Crippen molar-refractivity contribution in [1.82, 2.24) is 15.1 Å². The summed E-state index contributed by atoms with van der Waals surface area (Å²) >= 11 is 5.81. The zero-order chi connectivity index (χ0) is 18.5. The third kappa shape index (κ3) is 4.18. The second kappa shape index (κ2) is 7.97. The van der Waals surface area contributed by atoms with Crippen LogP contribution in [-0.4, -0.2) is 28.0 Å². The van der Waals surface area contributed by atoms with Crippen molar-refractivity contribution in [3.8, 4) is 0 Å². The number of halogens is 1. The van der Waals surface area contributed by atoms with Crippen LogP contribution in [-0.2, 0) is 6.54 Å². The first kappa shape index (κ1) is 17.9. The fourth-order valence-electron chi connectivity index (χ4n) is 2.58. The van der Waals surface area contributed by atoms with E-state index in [2.05, 4.69) is 10.4 Å². The molecule has 0 atom stereocenters. The largest absolute Gasteiger partial charge is 0.350 e. The number of ketones is 1. The van der Waals surface area contributed by atoms with Crippen LogP contribution >= 0.6 is 11.6 Å². The molecule has 1 heterocycles. The number of nitrogens with one attached hydrogen (secondary N) is 1. The van der Waals surface area contributed by atoms with Gasteiger partial charge in [-0.25, -0.2) is 0 Å². The molecule has 0 unspecified atom stereocenters. The predicted molar refractivity (Wildman–Crippen MR) is 101 cm³/mol. The Balaban J connectivity index is 1.72. The Morgan fingerprint density at radius 3 is 2.42 bits per heavy atom. The Kier molecular flexibility index (Phi) is 5.49. The molecule has 3 aromatic rings. The SMILES string of the molecule is Cc1ccc(C(=O)c2ccccc2C(=O)NCCn2cc(Cl)cn2)cc1. The topological polar surface area (TPSA) is 64.0 Å². The van der Waals surface area contributed by atoms with E-state index in [1.54, 1.807) is 53.5 Å². The highest BCUT2D eigenvalue weighted by Crippen LogP contribution is 2.15. The second-order valence-corrected chi connectivity index (χ2v) is 6.35. The van der Waals surface area contributed by atoms with Gasteiger partial charge in [0.05, 0.1) is 23.3 Å². The number of carbonyl (C=O) groups is 2. The third-order valence-corrected chi connectivity index (χ3v) is 4.15. The fraction of sp³-hybridized carbons (Fsp3) is 0.150. The second-order valence-electron chi connectivity index (χ2n) is 5.92. The minimum Gasteiger partial charge on any atom is -0.350 e. The third-order valence-electron chi connectivity index (χ3n) is 3.96. The summed E-state index contributed by atoms with van der Waals surface area (Å²) in [5.41, 5.74) is 2.38. The van der Waals surface area contributed by atoms with Gasteiger partial charge >= 0.3 is 0 Å². The number of aromatic nitrogens is 2. The molecule has 0 spiro atoms. The Bertz CT molecular complexity index is 932. The van der Waals surface area contributed by atoms with Crippen molar-refractivity contribution in [3.63, 3.8) is 0 Å². The van der Waals surface area contributed by atoms with Crippen molar-refractivity contribution >= 4 is 23.3 Å². The average molecular weight is 368 g/mol. The summed E-state index contributed by atoms with van der Waals surface area (Å²) in [6, 6.07) is 14.1. The quantitative estimate of drug-likeness (QED) is 0.678. The smallest absolute Gasteiger partial charge is 0.252 e. The zero-order valence-corrected chi connectivity index (χ0v) is 15.0. The van der Waals surface area contributed by atoms with Crippen LogP contribution in [0.2, 0.25) is 5.02 Å². The van der Waals surface area contributed by atoms with E-state index in [0.29, 0.717) is 34.8 Å². The summed E-state index contributed by atoms with van der Waals surface area (Å²) in [6.45, 7) is 2.83. The molecule has 0 bridgehead atoms. The first-order chi connectivity index (χ1) is 12.5. The first-order valence-corrected chi connectivity index (χ1v) is 8.59. The molecule has 2 aromatic carbocycles. The highest BCUT2D eigenvalue weighted by atomic mass is 35.5. The fourth-order valence-corrected chi connectivity index (χ4v) is 2.74. The number of hydrogen-bond acceptors (Lipinski definition) is 3. The van der Waals surface area contributed by atoms with Gasteiger partial charge in [-0.15, -0.1) is 0 Å². The zero-order valence-electron chi connectivity index (χ0n) is 14.3. The Hall–Kier alpha value is -2.92. The summed E-state index contributed by atoms with van der Waals surface area (Å²) in [5.74, 6) is -0.464. The van der Waals surface area contributed by atoms with Crippen LogP contribution in [0, 0.1) is 6.92 Å². The number of rotatable bonds is 6. The lowest BCUT2D eigenvalue weighted by Crippen LogP contribution is -2.28. The van der Waals surface area contributed by atoms with E-state index in [9.17, 15) is 9.59 Å². The lowest BCUT2D eigenvalue weighted by molar-refractivity contribution is 0.0940. The summed E-state index contributed by atoms with van der Waals surface area (Å²) in [7, 11) is 0. The number of carbonyl (C=O) groups excluding carboxylic acids is 2. The normalized spacial score (nSPS) is 10.5. The van der Waals surface area contributed by atoms with Crippen molar-refractivity contribution in [2.24, 2.45) is 0 Å². The van der Waals surface area contributed by atoms with Crippen LogP contribution in [0.15, 0.2) is 60.9 Å². The lowest BCUT2D eigenvalue weighted by atomic mass is 9.97. The van der Waals surface area contributed by atoms with Crippen LogP contribution in [0.3, 0.4) is 0 Å². The maximum atomic E-state index is 12.8. The van der Waals surface area contributed by atoms with Gasteiger partial charge in [-0.3, -0.25) is 14.3 Å². The van der Waals surface area contributed by atoms with Gasteiger partial charge in [0.25, 0.3) is 5.91 Å². The van der Waals surface area contributed by atoms with Gasteiger partial charge in [-0.2, -0.15) is 5.10 Å². The highest BCUT2D eigenvalue weighted by molar-refractivity contribution is 6.30. The van der Waals surface area contributed by atoms with E-state index < -0.39 is 0 Å². The minimum absolute atomic E-state index is 0.172. The van der Waals surface area contributed by atoms with Crippen molar-refractivity contribution in [1.29, 1.82) is 0 Å². The van der Waals surface area contributed by atoms with Gasteiger partial charge in [0.1, 0.15) is 0 Å². The molecule has 3 rings (SSSR count). The van der Waals surface area contributed by atoms with E-state index in [1.165, 1.54) is 0 Å². The maximum absolute atomic E-state index is 12.8. The van der Waals surface area contributed by atoms with Crippen molar-refractivity contribution < 1.29 is 9.59 Å². The van der Waals surface area contributed by atoms with Crippen molar-refractivity contribution in [3.05, 3.63) is 88.2 Å². The number of aryl methyl sites for hydroxylation is 1. The van der Waals surface area contributed by atoms with Gasteiger partial charge in [0, 0.05) is 23.9 Å². The Morgan fingerprint density at radius 2 is 1.77 bits per heavy atom. The molecule has 0 saturated carbocycles.